The third-order valence-corrected chi connectivity index (χ3v) is 5.04. The Labute approximate surface area is 176 Å². The van der Waals surface area contributed by atoms with Gasteiger partial charge in [0.25, 0.3) is 11.8 Å². The Morgan fingerprint density at radius 1 is 1.23 bits per heavy atom. The summed E-state index contributed by atoms with van der Waals surface area (Å²) in [6, 6.07) is 10.3. The number of amides is 2. The van der Waals surface area contributed by atoms with Crippen LogP contribution in [0.2, 0.25) is 0 Å². The minimum atomic E-state index is -0.840. The number of rotatable bonds is 3. The van der Waals surface area contributed by atoms with E-state index in [-0.39, 0.29) is 5.91 Å². The molecule has 1 aliphatic heterocycles. The van der Waals surface area contributed by atoms with Crippen LogP contribution < -0.4 is 26.4 Å². The van der Waals surface area contributed by atoms with E-state index >= 15 is 0 Å². The Morgan fingerprint density at radius 2 is 1.97 bits per heavy atom. The quantitative estimate of drug-likeness (QED) is 0.443. The van der Waals surface area contributed by atoms with Gasteiger partial charge in [0, 0.05) is 23.2 Å². The van der Waals surface area contributed by atoms with E-state index in [9.17, 15) is 14.6 Å². The molecule has 0 spiro atoms. The number of nitrogens with one attached hydrogen (secondary N) is 3. The minimum absolute atomic E-state index is 0.341. The third-order valence-electron chi connectivity index (χ3n) is 5.04. The zero-order chi connectivity index (χ0) is 22.1. The van der Waals surface area contributed by atoms with Gasteiger partial charge in [-0.05, 0) is 63.0 Å². The number of hydrogen-bond acceptors (Lipinski definition) is 6. The van der Waals surface area contributed by atoms with E-state index in [1.807, 2.05) is 20.8 Å². The van der Waals surface area contributed by atoms with Gasteiger partial charge in [-0.2, -0.15) is 0 Å². The maximum absolute atomic E-state index is 13.3. The van der Waals surface area contributed by atoms with E-state index in [4.69, 9.17) is 4.74 Å². The average molecular weight is 410 g/mol. The van der Waals surface area contributed by atoms with Gasteiger partial charge in [-0.3, -0.25) is 25.8 Å². The van der Waals surface area contributed by atoms with Gasteiger partial charge >= 0.3 is 7.05 Å². The topological polar surface area (TPSA) is 103 Å². The Balaban J connectivity index is 1.90. The van der Waals surface area contributed by atoms with Crippen molar-refractivity contribution in [2.45, 2.75) is 39.8 Å². The van der Waals surface area contributed by atoms with Crippen LogP contribution in [-0.4, -0.2) is 41.5 Å². The summed E-state index contributed by atoms with van der Waals surface area (Å²) < 4.78 is 5.29. The van der Waals surface area contributed by atoms with Crippen molar-refractivity contribution in [3.63, 3.8) is 0 Å². The largest absolute Gasteiger partial charge is 0.496 e. The van der Waals surface area contributed by atoms with Crippen molar-refractivity contribution in [3.8, 4) is 5.75 Å². The molecule has 0 saturated carbocycles. The molecule has 0 unspecified atom stereocenters. The fourth-order valence-electron chi connectivity index (χ4n) is 3.37. The first-order valence-electron chi connectivity index (χ1n) is 9.72. The Morgan fingerprint density at radius 3 is 2.63 bits per heavy atom. The third kappa shape index (κ3) is 4.33. The number of carbonyl (C=O) groups is 2. The molecule has 4 N–H and O–H groups in total. The summed E-state index contributed by atoms with van der Waals surface area (Å²) >= 11 is 0. The lowest BCUT2D eigenvalue weighted by atomic mass is 9.71. The molecular formula is C21H27BN4O4. The summed E-state index contributed by atoms with van der Waals surface area (Å²) in [6.45, 7) is 7.80. The van der Waals surface area contributed by atoms with Crippen molar-refractivity contribution in [1.82, 2.24) is 21.2 Å². The van der Waals surface area contributed by atoms with Gasteiger partial charge in [0.1, 0.15) is 5.75 Å². The molecule has 2 amide bonds. The maximum Gasteiger partial charge on any atom is 0.427 e. The Kier molecular flexibility index (Phi) is 6.16. The average Bonchev–Trinajstić information content (AvgIpc) is 2.70. The molecule has 0 bridgehead atoms. The molecule has 0 aromatic heterocycles. The van der Waals surface area contributed by atoms with Gasteiger partial charge in [-0.1, -0.05) is 12.1 Å². The van der Waals surface area contributed by atoms with Crippen molar-refractivity contribution in [1.29, 1.82) is 0 Å². The molecule has 1 aliphatic rings. The fraction of sp³-hybridized carbons (Fsp3) is 0.333. The zero-order valence-electron chi connectivity index (χ0n) is 17.9. The molecule has 8 nitrogen and oxygen atoms in total. The second-order valence-electron chi connectivity index (χ2n) is 8.20. The molecule has 0 radical (unpaired) electrons. The molecule has 0 saturated heterocycles. The molecule has 0 atom stereocenters. The standard InChI is InChI=1S/C21H27BN4O4/c1-13-16(7-6-8-18(13)30-5)19(27)24-26(21(2,3)4)20(28)14-9-10-17-15(11-14)12-23-25-22(17)29/h6-11,23,25,29H,12H2,1-5H3,(H,24,27). The summed E-state index contributed by atoms with van der Waals surface area (Å²) in [4.78, 5) is 26.3. The first-order chi connectivity index (χ1) is 14.1. The van der Waals surface area contributed by atoms with Crippen molar-refractivity contribution in [2.75, 3.05) is 7.11 Å². The van der Waals surface area contributed by atoms with Crippen LogP contribution in [0.1, 0.15) is 52.6 Å². The molecule has 2 aromatic rings. The lowest BCUT2D eigenvalue weighted by Crippen LogP contribution is -2.58. The fourth-order valence-corrected chi connectivity index (χ4v) is 3.37. The van der Waals surface area contributed by atoms with Crippen LogP contribution in [0, 0.1) is 6.92 Å². The smallest absolute Gasteiger partial charge is 0.427 e. The van der Waals surface area contributed by atoms with E-state index in [1.54, 1.807) is 50.4 Å². The number of methoxy groups -OCH3 is 1. The van der Waals surface area contributed by atoms with Crippen molar-refractivity contribution < 1.29 is 19.3 Å². The van der Waals surface area contributed by atoms with Crippen LogP contribution in [0.5, 0.6) is 5.75 Å². The summed E-state index contributed by atoms with van der Waals surface area (Å²) in [5, 5.41) is 14.1. The highest BCUT2D eigenvalue weighted by Crippen LogP contribution is 2.22. The van der Waals surface area contributed by atoms with Crippen molar-refractivity contribution >= 4 is 24.3 Å². The predicted molar refractivity (Wildman–Crippen MR) is 115 cm³/mol. The number of nitrogens with zero attached hydrogens (tertiary/aromatic N) is 1. The second kappa shape index (κ2) is 8.47. The molecule has 3 rings (SSSR count). The Bertz CT molecular complexity index is 974. The van der Waals surface area contributed by atoms with E-state index in [1.165, 1.54) is 5.01 Å². The van der Waals surface area contributed by atoms with Crippen LogP contribution >= 0.6 is 0 Å². The molecule has 158 valence electrons. The van der Waals surface area contributed by atoms with Gasteiger partial charge in [-0.15, -0.1) is 0 Å². The Hall–Kier alpha value is -2.88. The number of fused-ring (bicyclic) bond motifs is 1. The molecule has 2 aromatic carbocycles. The van der Waals surface area contributed by atoms with Crippen LogP contribution in [-0.2, 0) is 6.54 Å². The normalized spacial score (nSPS) is 13.5. The predicted octanol–water partition coefficient (Wildman–Crippen LogP) is 0.885. The van der Waals surface area contributed by atoms with Gasteiger partial charge < -0.3 is 9.76 Å². The van der Waals surface area contributed by atoms with Crippen LogP contribution in [0.15, 0.2) is 36.4 Å². The lowest BCUT2D eigenvalue weighted by Gasteiger charge is -2.36. The van der Waals surface area contributed by atoms with Gasteiger partial charge in [0.05, 0.1) is 12.6 Å². The second-order valence-corrected chi connectivity index (χ2v) is 8.20. The highest BCUT2D eigenvalue weighted by atomic mass is 16.5. The van der Waals surface area contributed by atoms with Gasteiger partial charge in [0.15, 0.2) is 0 Å². The highest BCUT2D eigenvalue weighted by Gasteiger charge is 2.31. The molecule has 0 fully saturated rings. The molecule has 30 heavy (non-hydrogen) atoms. The number of hydrogen-bond donors (Lipinski definition) is 4. The summed E-state index contributed by atoms with van der Waals surface area (Å²) in [5.41, 5.74) is 8.04. The summed E-state index contributed by atoms with van der Waals surface area (Å²) in [7, 11) is 0.708. The molecule has 0 aliphatic carbocycles. The zero-order valence-corrected chi connectivity index (χ0v) is 17.9. The SMILES string of the molecule is COc1cccc(C(=O)NN(C(=O)c2ccc3c(c2)CNNB3O)C(C)(C)C)c1C. The van der Waals surface area contributed by atoms with E-state index in [2.05, 4.69) is 16.2 Å². The summed E-state index contributed by atoms with van der Waals surface area (Å²) in [6.07, 6.45) is 0. The van der Waals surface area contributed by atoms with E-state index in [0.29, 0.717) is 34.4 Å². The highest BCUT2D eigenvalue weighted by molar-refractivity contribution is 6.64. The maximum atomic E-state index is 13.3. The van der Waals surface area contributed by atoms with Crippen LogP contribution in [0.4, 0.5) is 0 Å². The number of ether oxygens (including phenoxy) is 1. The molecule has 9 heteroatoms. The van der Waals surface area contributed by atoms with E-state index in [0.717, 1.165) is 5.56 Å². The van der Waals surface area contributed by atoms with E-state index < -0.39 is 18.5 Å². The first kappa shape index (κ1) is 21.8. The lowest BCUT2D eigenvalue weighted by molar-refractivity contribution is 0.0358. The monoisotopic (exact) mass is 410 g/mol. The minimum Gasteiger partial charge on any atom is -0.496 e. The van der Waals surface area contributed by atoms with Crippen LogP contribution in [0.3, 0.4) is 0 Å². The number of carbonyl (C=O) groups excluding carboxylic acids is 2. The van der Waals surface area contributed by atoms with Crippen molar-refractivity contribution in [3.05, 3.63) is 58.7 Å². The summed E-state index contributed by atoms with van der Waals surface area (Å²) in [5.74, 6) is -0.133. The molecule has 1 heterocycles. The van der Waals surface area contributed by atoms with Gasteiger partial charge in [-0.25, -0.2) is 5.01 Å². The molecular weight excluding hydrogens is 383 g/mol. The number of benzene rings is 2. The first-order valence-corrected chi connectivity index (χ1v) is 9.72. The van der Waals surface area contributed by atoms with Gasteiger partial charge in [0.2, 0.25) is 0 Å². The van der Waals surface area contributed by atoms with Crippen molar-refractivity contribution in [2.24, 2.45) is 0 Å². The van der Waals surface area contributed by atoms with Crippen LogP contribution in [0.25, 0.3) is 0 Å². The number of hydrazine groups is 2.